The Kier molecular flexibility index (Phi) is 6.90. The van der Waals surface area contributed by atoms with Crippen LogP contribution in [0.5, 0.6) is 0 Å². The normalized spacial score (nSPS) is 19.9. The van der Waals surface area contributed by atoms with Gasteiger partial charge in [0.25, 0.3) is 5.91 Å². The molecule has 4 N–H and O–H groups in total. The number of aliphatic hydroxyl groups excluding tert-OH is 1. The quantitative estimate of drug-likeness (QED) is 0.532. The zero-order valence-electron chi connectivity index (χ0n) is 17.8. The van der Waals surface area contributed by atoms with Crippen molar-refractivity contribution in [2.75, 3.05) is 23.4 Å². The summed E-state index contributed by atoms with van der Waals surface area (Å²) in [7, 11) is 0. The Balaban J connectivity index is 1.54. The number of anilines is 2. The minimum atomic E-state index is -0.697. The van der Waals surface area contributed by atoms with Gasteiger partial charge in [-0.2, -0.15) is 0 Å². The third kappa shape index (κ3) is 4.99. The second kappa shape index (κ2) is 9.84. The van der Waals surface area contributed by atoms with Gasteiger partial charge < -0.3 is 21.1 Å². The third-order valence-electron chi connectivity index (χ3n) is 5.86. The van der Waals surface area contributed by atoms with Crippen LogP contribution < -0.4 is 16.0 Å². The number of halogens is 3. The van der Waals surface area contributed by atoms with E-state index in [2.05, 4.69) is 15.3 Å². The van der Waals surface area contributed by atoms with Crippen LogP contribution in [0.1, 0.15) is 24.8 Å². The molecule has 0 spiro atoms. The molecule has 2 aromatic rings. The molecule has 4 rings (SSSR count). The van der Waals surface area contributed by atoms with Gasteiger partial charge in [0.1, 0.15) is 17.5 Å². The van der Waals surface area contributed by atoms with Gasteiger partial charge >= 0.3 is 0 Å². The van der Waals surface area contributed by atoms with Crippen LogP contribution >= 0.6 is 11.6 Å². The van der Waals surface area contributed by atoms with E-state index < -0.39 is 17.5 Å². The summed E-state index contributed by atoms with van der Waals surface area (Å²) < 4.78 is 27.9. The molecular formula is C23H24ClF2N5O2. The number of aliphatic imine (C=N–C) groups is 1. The number of hydrogen-bond donors (Lipinski definition) is 3. The summed E-state index contributed by atoms with van der Waals surface area (Å²) in [6, 6.07) is 5.15. The van der Waals surface area contributed by atoms with Gasteiger partial charge in [0.05, 0.1) is 47.4 Å². The molecule has 1 amide bonds. The maximum atomic E-state index is 13.9. The fraction of sp³-hybridized carbons (Fsp3) is 0.348. The molecule has 2 heterocycles. The molecule has 7 nitrogen and oxygen atoms in total. The Morgan fingerprint density at radius 2 is 2.09 bits per heavy atom. The standard InChI is InChI=1S/C23H24ClF2N5O2/c24-16-11-29-22(30-20(12-32)13-4-5-13)8-21(16)31-7-6-19(14(9-27)23(31)33)28-10-15-17(25)2-1-3-18(15)26/h1-3,8-9,11,13,20,32H,4-7,10,12,27H2,(H,29,30)/t20-/m1/s1. The first-order valence-electron chi connectivity index (χ1n) is 10.7. The average molecular weight is 476 g/mol. The molecule has 1 aliphatic heterocycles. The summed E-state index contributed by atoms with van der Waals surface area (Å²) in [6.07, 6.45) is 5.02. The van der Waals surface area contributed by atoms with Gasteiger partial charge in [-0.3, -0.25) is 9.79 Å². The van der Waals surface area contributed by atoms with Crippen molar-refractivity contribution in [2.24, 2.45) is 16.6 Å². The van der Waals surface area contributed by atoms with E-state index in [0.29, 0.717) is 29.6 Å². The van der Waals surface area contributed by atoms with Gasteiger partial charge in [0.2, 0.25) is 0 Å². The van der Waals surface area contributed by atoms with Crippen molar-refractivity contribution in [3.05, 3.63) is 64.5 Å². The molecule has 174 valence electrons. The zero-order chi connectivity index (χ0) is 23.5. The highest BCUT2D eigenvalue weighted by Crippen LogP contribution is 2.35. The molecule has 1 aliphatic carbocycles. The van der Waals surface area contributed by atoms with Crippen LogP contribution in [0.2, 0.25) is 5.02 Å². The SMILES string of the molecule is NC=C1C(=O)N(c2cc(N[C@H](CO)C3CC3)ncc2Cl)CCC1=NCc1c(F)cccc1F. The van der Waals surface area contributed by atoms with Crippen molar-refractivity contribution in [1.29, 1.82) is 0 Å². The highest BCUT2D eigenvalue weighted by molar-refractivity contribution is 6.35. The van der Waals surface area contributed by atoms with Gasteiger partial charge in [0.15, 0.2) is 0 Å². The van der Waals surface area contributed by atoms with Gasteiger partial charge in [-0.15, -0.1) is 0 Å². The summed E-state index contributed by atoms with van der Waals surface area (Å²) in [6.45, 7) is -0.00825. The van der Waals surface area contributed by atoms with E-state index in [-0.39, 0.29) is 41.9 Å². The molecule has 33 heavy (non-hydrogen) atoms. The lowest BCUT2D eigenvalue weighted by molar-refractivity contribution is -0.114. The lowest BCUT2D eigenvalue weighted by atomic mass is 10.0. The van der Waals surface area contributed by atoms with Gasteiger partial charge in [-0.05, 0) is 30.9 Å². The second-order valence-electron chi connectivity index (χ2n) is 8.04. The molecule has 1 aromatic carbocycles. The molecule has 2 fully saturated rings. The van der Waals surface area contributed by atoms with Gasteiger partial charge in [-0.25, -0.2) is 13.8 Å². The Labute approximate surface area is 195 Å². The predicted molar refractivity (Wildman–Crippen MR) is 123 cm³/mol. The topological polar surface area (TPSA) is 104 Å². The number of carbonyl (C=O) groups is 1. The molecule has 0 unspecified atom stereocenters. The van der Waals surface area contributed by atoms with Gasteiger partial charge in [0, 0.05) is 30.8 Å². The molecular weight excluding hydrogens is 452 g/mol. The molecule has 2 aliphatic rings. The van der Waals surface area contributed by atoms with Gasteiger partial charge in [-0.1, -0.05) is 17.7 Å². The molecule has 0 bridgehead atoms. The van der Waals surface area contributed by atoms with Crippen molar-refractivity contribution in [3.8, 4) is 0 Å². The summed E-state index contributed by atoms with van der Waals surface area (Å²) in [4.78, 5) is 23.2. The minimum absolute atomic E-state index is 0.0184. The monoisotopic (exact) mass is 475 g/mol. The molecule has 1 saturated heterocycles. The van der Waals surface area contributed by atoms with Crippen LogP contribution in [0.3, 0.4) is 0 Å². The van der Waals surface area contributed by atoms with E-state index in [1.807, 2.05) is 0 Å². The van der Waals surface area contributed by atoms with Crippen molar-refractivity contribution >= 4 is 34.7 Å². The number of benzene rings is 1. The van der Waals surface area contributed by atoms with Crippen LogP contribution in [-0.4, -0.2) is 40.9 Å². The summed E-state index contributed by atoms with van der Waals surface area (Å²) in [5.41, 5.74) is 6.52. The van der Waals surface area contributed by atoms with Crippen LogP contribution in [-0.2, 0) is 11.3 Å². The smallest absolute Gasteiger partial charge is 0.261 e. The second-order valence-corrected chi connectivity index (χ2v) is 8.45. The number of aromatic nitrogens is 1. The Bertz CT molecular complexity index is 1100. The number of rotatable bonds is 7. The largest absolute Gasteiger partial charge is 0.404 e. The number of piperidine rings is 1. The molecule has 1 saturated carbocycles. The zero-order valence-corrected chi connectivity index (χ0v) is 18.5. The summed E-state index contributed by atoms with van der Waals surface area (Å²) in [5.74, 6) is -0.913. The Morgan fingerprint density at radius 1 is 1.36 bits per heavy atom. The minimum Gasteiger partial charge on any atom is -0.404 e. The number of aliphatic hydroxyl groups is 1. The maximum absolute atomic E-state index is 13.9. The van der Waals surface area contributed by atoms with E-state index in [4.69, 9.17) is 17.3 Å². The number of hydrogen-bond acceptors (Lipinski definition) is 6. The highest BCUT2D eigenvalue weighted by Gasteiger charge is 2.33. The first-order valence-corrected chi connectivity index (χ1v) is 11.0. The number of nitrogens with zero attached hydrogens (tertiary/aromatic N) is 3. The Hall–Kier alpha value is -3.04. The van der Waals surface area contributed by atoms with Crippen LogP contribution in [0.4, 0.5) is 20.3 Å². The van der Waals surface area contributed by atoms with Crippen LogP contribution in [0.15, 0.2) is 47.2 Å². The fourth-order valence-electron chi connectivity index (χ4n) is 3.86. The predicted octanol–water partition coefficient (Wildman–Crippen LogP) is 3.42. The van der Waals surface area contributed by atoms with Crippen molar-refractivity contribution in [2.45, 2.75) is 31.8 Å². The van der Waals surface area contributed by atoms with Crippen LogP contribution in [0.25, 0.3) is 0 Å². The Morgan fingerprint density at radius 3 is 2.73 bits per heavy atom. The fourth-order valence-corrected chi connectivity index (χ4v) is 4.06. The number of carbonyl (C=O) groups excluding carboxylic acids is 1. The van der Waals surface area contributed by atoms with E-state index in [1.165, 1.54) is 17.2 Å². The van der Waals surface area contributed by atoms with Crippen molar-refractivity contribution in [1.82, 2.24) is 4.98 Å². The number of amides is 1. The number of nitrogens with one attached hydrogen (secondary N) is 1. The average Bonchev–Trinajstić information content (AvgIpc) is 3.64. The lowest BCUT2D eigenvalue weighted by Crippen LogP contribution is -2.42. The number of pyridine rings is 1. The van der Waals surface area contributed by atoms with Crippen molar-refractivity contribution in [3.63, 3.8) is 0 Å². The third-order valence-corrected chi connectivity index (χ3v) is 6.15. The van der Waals surface area contributed by atoms with Crippen molar-refractivity contribution < 1.29 is 18.7 Å². The van der Waals surface area contributed by atoms with E-state index >= 15 is 0 Å². The first kappa shape index (κ1) is 23.1. The lowest BCUT2D eigenvalue weighted by Gasteiger charge is -2.30. The summed E-state index contributed by atoms with van der Waals surface area (Å²) in [5, 5.41) is 13.1. The molecule has 1 atom stereocenters. The first-order chi connectivity index (χ1) is 15.9. The van der Waals surface area contributed by atoms with E-state index in [0.717, 1.165) is 31.2 Å². The van der Waals surface area contributed by atoms with E-state index in [1.54, 1.807) is 6.07 Å². The van der Waals surface area contributed by atoms with Crippen LogP contribution in [0, 0.1) is 17.6 Å². The highest BCUT2D eigenvalue weighted by atomic mass is 35.5. The molecule has 10 heteroatoms. The molecule has 1 aromatic heterocycles. The molecule has 0 radical (unpaired) electrons. The van der Waals surface area contributed by atoms with E-state index in [9.17, 15) is 18.7 Å². The maximum Gasteiger partial charge on any atom is 0.261 e. The summed E-state index contributed by atoms with van der Waals surface area (Å²) >= 11 is 6.35. The number of nitrogens with two attached hydrogens (primary N) is 1.